The third kappa shape index (κ3) is 1.76. The number of nitrogens with zero attached hydrogens (tertiary/aromatic N) is 1. The summed E-state index contributed by atoms with van der Waals surface area (Å²) in [7, 11) is 0. The van der Waals surface area contributed by atoms with Gasteiger partial charge in [0, 0.05) is 0 Å². The smallest absolute Gasteiger partial charge is 0.198 e. The van der Waals surface area contributed by atoms with Crippen molar-refractivity contribution in [3.05, 3.63) is 53.6 Å². The lowest BCUT2D eigenvalue weighted by molar-refractivity contribution is 0.410. The van der Waals surface area contributed by atoms with Crippen LogP contribution in [0.1, 0.15) is 0 Å². The maximum absolute atomic E-state index is 13.6. The topological polar surface area (TPSA) is 28.7 Å². The molecule has 0 radical (unpaired) electrons. The monoisotopic (exact) mass is 266 g/mol. The molecule has 96 valence electrons. The van der Waals surface area contributed by atoms with Crippen molar-refractivity contribution in [2.75, 3.05) is 0 Å². The summed E-state index contributed by atoms with van der Waals surface area (Å²) in [5.41, 5.74) is 0.650. The van der Waals surface area contributed by atoms with Gasteiger partial charge in [-0.25, -0.2) is 22.5 Å². The Morgan fingerprint density at radius 1 is 0.895 bits per heavy atom. The quantitative estimate of drug-likeness (QED) is 0.405. The number of aromatic amines is 1. The lowest BCUT2D eigenvalue weighted by atomic mass is 10.2. The predicted molar refractivity (Wildman–Crippen MR) is 61.4 cm³/mol. The molecule has 3 rings (SSSR count). The molecule has 0 spiro atoms. The number of hydrogen-bond acceptors (Lipinski definition) is 1. The number of hydrogen-bond donors (Lipinski definition) is 1. The van der Waals surface area contributed by atoms with Gasteiger partial charge < -0.3 is 4.98 Å². The molecule has 0 aliphatic heterocycles. The molecule has 0 aliphatic rings. The van der Waals surface area contributed by atoms with E-state index >= 15 is 0 Å². The van der Waals surface area contributed by atoms with Gasteiger partial charge in [0.2, 0.25) is 0 Å². The van der Waals surface area contributed by atoms with Crippen LogP contribution in [0.15, 0.2) is 30.3 Å². The minimum Gasteiger partial charge on any atom is -0.338 e. The fourth-order valence-electron chi connectivity index (χ4n) is 1.83. The van der Waals surface area contributed by atoms with Crippen molar-refractivity contribution < 1.29 is 17.6 Å². The highest BCUT2D eigenvalue weighted by molar-refractivity contribution is 5.79. The van der Waals surface area contributed by atoms with E-state index in [1.807, 2.05) is 0 Å². The molecule has 6 heteroatoms. The maximum Gasteiger partial charge on any atom is 0.198 e. The Labute approximate surface area is 104 Å². The molecule has 0 aliphatic carbocycles. The molecule has 0 atom stereocenters. The molecule has 2 aromatic carbocycles. The number of halogens is 4. The van der Waals surface area contributed by atoms with Crippen molar-refractivity contribution in [3.8, 4) is 11.4 Å². The molecule has 0 saturated carbocycles. The van der Waals surface area contributed by atoms with Crippen molar-refractivity contribution in [2.45, 2.75) is 0 Å². The van der Waals surface area contributed by atoms with E-state index in [-0.39, 0.29) is 5.82 Å². The van der Waals surface area contributed by atoms with E-state index in [9.17, 15) is 17.6 Å². The van der Waals surface area contributed by atoms with E-state index in [0.29, 0.717) is 17.1 Å². The van der Waals surface area contributed by atoms with Crippen LogP contribution in [-0.2, 0) is 0 Å². The van der Waals surface area contributed by atoms with Gasteiger partial charge in [-0.05, 0) is 18.2 Å². The summed E-state index contributed by atoms with van der Waals surface area (Å²) >= 11 is 0. The molecule has 1 N–H and O–H groups in total. The van der Waals surface area contributed by atoms with Crippen molar-refractivity contribution in [3.63, 3.8) is 0 Å². The molecule has 19 heavy (non-hydrogen) atoms. The highest BCUT2D eigenvalue weighted by atomic mass is 19.2. The summed E-state index contributed by atoms with van der Waals surface area (Å²) in [5, 5.41) is 0. The molecule has 0 fully saturated rings. The van der Waals surface area contributed by atoms with Gasteiger partial charge in [0.05, 0.1) is 16.6 Å². The second kappa shape index (κ2) is 4.08. The Hall–Kier alpha value is -2.37. The molecule has 3 aromatic rings. The average molecular weight is 266 g/mol. The van der Waals surface area contributed by atoms with Gasteiger partial charge in [-0.3, -0.25) is 0 Å². The fourth-order valence-corrected chi connectivity index (χ4v) is 1.83. The van der Waals surface area contributed by atoms with Gasteiger partial charge in [-0.2, -0.15) is 0 Å². The Morgan fingerprint density at radius 2 is 1.63 bits per heavy atom. The summed E-state index contributed by atoms with van der Waals surface area (Å²) in [6, 6.07) is 7.36. The van der Waals surface area contributed by atoms with Gasteiger partial charge in [0.15, 0.2) is 23.3 Å². The molecule has 0 bridgehead atoms. The highest BCUT2D eigenvalue weighted by Gasteiger charge is 2.21. The van der Waals surface area contributed by atoms with Gasteiger partial charge in [-0.1, -0.05) is 12.1 Å². The zero-order valence-corrected chi connectivity index (χ0v) is 9.35. The Bertz CT molecular complexity index is 747. The molecular formula is C13H6F4N2. The zero-order valence-electron chi connectivity index (χ0n) is 9.35. The predicted octanol–water partition coefficient (Wildman–Crippen LogP) is 3.79. The van der Waals surface area contributed by atoms with E-state index in [2.05, 4.69) is 9.97 Å². The number of imidazole rings is 1. The first kappa shape index (κ1) is 11.7. The van der Waals surface area contributed by atoms with Gasteiger partial charge >= 0.3 is 0 Å². The van der Waals surface area contributed by atoms with Crippen LogP contribution in [0.5, 0.6) is 0 Å². The maximum atomic E-state index is 13.6. The van der Waals surface area contributed by atoms with E-state index < -0.39 is 28.8 Å². The minimum absolute atomic E-state index is 0.0588. The molecule has 0 saturated heterocycles. The number of H-pyrrole nitrogens is 1. The third-order valence-electron chi connectivity index (χ3n) is 2.75. The summed E-state index contributed by atoms with van der Waals surface area (Å²) in [4.78, 5) is 6.72. The summed E-state index contributed by atoms with van der Waals surface area (Å²) in [6.07, 6.45) is 0. The van der Waals surface area contributed by atoms with E-state index in [0.717, 1.165) is 0 Å². The first-order valence-corrected chi connectivity index (χ1v) is 5.36. The molecule has 1 heterocycles. The van der Waals surface area contributed by atoms with Crippen LogP contribution in [-0.4, -0.2) is 9.97 Å². The van der Waals surface area contributed by atoms with Crippen LogP contribution in [0.3, 0.4) is 0 Å². The number of para-hydroxylation sites is 2. The second-order valence-electron chi connectivity index (χ2n) is 3.95. The Morgan fingerprint density at radius 3 is 2.37 bits per heavy atom. The number of nitrogens with one attached hydrogen (secondary N) is 1. The Kier molecular flexibility index (Phi) is 2.51. The van der Waals surface area contributed by atoms with Crippen molar-refractivity contribution in [1.82, 2.24) is 9.97 Å². The Balaban J connectivity index is 2.27. The van der Waals surface area contributed by atoms with Crippen molar-refractivity contribution >= 4 is 11.0 Å². The first-order chi connectivity index (χ1) is 9.08. The normalized spacial score (nSPS) is 11.2. The van der Waals surface area contributed by atoms with E-state index in [1.54, 1.807) is 24.3 Å². The molecule has 0 unspecified atom stereocenters. The van der Waals surface area contributed by atoms with E-state index in [4.69, 9.17) is 0 Å². The molecular weight excluding hydrogens is 260 g/mol. The van der Waals surface area contributed by atoms with Crippen LogP contribution in [0.2, 0.25) is 0 Å². The van der Waals surface area contributed by atoms with E-state index in [1.165, 1.54) is 0 Å². The standard InChI is InChI=1S/C13H6F4N2/c14-7-5-6(10(15)12(17)11(7)16)13-18-8-3-1-2-4-9(8)19-13/h1-5H,(H,18,19). The molecule has 1 aromatic heterocycles. The average Bonchev–Trinajstić information content (AvgIpc) is 2.84. The largest absolute Gasteiger partial charge is 0.338 e. The van der Waals surface area contributed by atoms with Crippen LogP contribution < -0.4 is 0 Å². The third-order valence-corrected chi connectivity index (χ3v) is 2.75. The van der Waals surface area contributed by atoms with Crippen LogP contribution in [0, 0.1) is 23.3 Å². The summed E-state index contributed by atoms with van der Waals surface area (Å²) in [5.74, 6) is -6.68. The zero-order chi connectivity index (χ0) is 13.6. The van der Waals surface area contributed by atoms with Gasteiger partial charge in [0.25, 0.3) is 0 Å². The fraction of sp³-hybridized carbons (Fsp3) is 0. The van der Waals surface area contributed by atoms with Crippen LogP contribution in [0.4, 0.5) is 17.6 Å². The number of rotatable bonds is 1. The van der Waals surface area contributed by atoms with Crippen LogP contribution >= 0.6 is 0 Å². The number of fused-ring (bicyclic) bond motifs is 1. The lowest BCUT2D eigenvalue weighted by Gasteiger charge is -2.02. The van der Waals surface area contributed by atoms with Crippen molar-refractivity contribution in [2.24, 2.45) is 0 Å². The molecule has 0 amide bonds. The highest BCUT2D eigenvalue weighted by Crippen LogP contribution is 2.27. The second-order valence-corrected chi connectivity index (χ2v) is 3.95. The number of aromatic nitrogens is 2. The van der Waals surface area contributed by atoms with Gasteiger partial charge in [-0.15, -0.1) is 0 Å². The SMILES string of the molecule is Fc1cc(-c2nc3ccccc3[nH]2)c(F)c(F)c1F. The minimum atomic E-state index is -1.85. The number of benzene rings is 2. The van der Waals surface area contributed by atoms with Crippen molar-refractivity contribution in [1.29, 1.82) is 0 Å². The molecule has 2 nitrogen and oxygen atoms in total. The van der Waals surface area contributed by atoms with Gasteiger partial charge in [0.1, 0.15) is 5.82 Å². The van der Waals surface area contributed by atoms with Crippen LogP contribution in [0.25, 0.3) is 22.4 Å². The summed E-state index contributed by atoms with van der Waals surface area (Å²) < 4.78 is 52.8. The lowest BCUT2D eigenvalue weighted by Crippen LogP contribution is -1.99. The first-order valence-electron chi connectivity index (χ1n) is 5.36. The summed E-state index contributed by atoms with van der Waals surface area (Å²) in [6.45, 7) is 0.